The van der Waals surface area contributed by atoms with Crippen LogP contribution in [0.2, 0.25) is 6.32 Å². The van der Waals surface area contributed by atoms with Crippen molar-refractivity contribution in [2.45, 2.75) is 64.2 Å². The minimum absolute atomic E-state index is 0.748. The summed E-state index contributed by atoms with van der Waals surface area (Å²) in [5, 5.41) is 0. The molecule has 0 amide bonds. The van der Waals surface area contributed by atoms with Crippen LogP contribution in [0.4, 0.5) is 0 Å². The van der Waals surface area contributed by atoms with Crippen molar-refractivity contribution in [3.8, 4) is 0 Å². The average molecular weight is 281 g/mol. The topological polar surface area (TPSA) is 3.24 Å². The van der Waals surface area contributed by atoms with Crippen LogP contribution in [0.3, 0.4) is 0 Å². The van der Waals surface area contributed by atoms with Crippen molar-refractivity contribution in [3.05, 3.63) is 34.9 Å². The number of hydrogen-bond donors (Lipinski definition) is 0. The van der Waals surface area contributed by atoms with Crippen LogP contribution in [0.25, 0.3) is 0 Å². The Morgan fingerprint density at radius 1 is 1.14 bits per heavy atom. The Morgan fingerprint density at radius 2 is 1.90 bits per heavy atom. The lowest BCUT2D eigenvalue weighted by Gasteiger charge is -2.46. The molecule has 1 aromatic rings. The van der Waals surface area contributed by atoms with E-state index in [1.165, 1.54) is 62.7 Å². The van der Waals surface area contributed by atoms with Crippen LogP contribution in [-0.2, 0) is 12.8 Å². The lowest BCUT2D eigenvalue weighted by Crippen LogP contribution is -2.53. The molecule has 2 fully saturated rings. The molecule has 0 N–H and O–H groups in total. The molecule has 2 radical (unpaired) electrons. The second kappa shape index (κ2) is 7.00. The second-order valence-electron chi connectivity index (χ2n) is 7.12. The van der Waals surface area contributed by atoms with Gasteiger partial charge in [0.15, 0.2) is 0 Å². The van der Waals surface area contributed by atoms with Crippen LogP contribution in [0.1, 0.15) is 48.8 Å². The van der Waals surface area contributed by atoms with Crippen LogP contribution in [0, 0.1) is 12.8 Å². The molecule has 1 saturated heterocycles. The normalized spacial score (nSPS) is 21.4. The molecule has 1 aliphatic heterocycles. The number of hydrogen-bond acceptors (Lipinski definition) is 1. The predicted molar refractivity (Wildman–Crippen MR) is 91.1 cm³/mol. The summed E-state index contributed by atoms with van der Waals surface area (Å²) in [6, 6.07) is 7.85. The van der Waals surface area contributed by atoms with Gasteiger partial charge in [0.25, 0.3) is 0 Å². The third-order valence-corrected chi connectivity index (χ3v) is 5.43. The van der Waals surface area contributed by atoms with E-state index in [0.29, 0.717) is 0 Å². The lowest BCUT2D eigenvalue weighted by atomic mass is 9.85. The minimum Gasteiger partial charge on any atom is -0.300 e. The smallest absolute Gasteiger partial charge is 0.0657 e. The number of likely N-dealkylation sites (tertiary alicyclic amines) is 1. The average Bonchev–Trinajstić information content (AvgIpc) is 2.45. The number of benzene rings is 1. The molecule has 1 aliphatic carbocycles. The first-order chi connectivity index (χ1) is 10.3. The quantitative estimate of drug-likeness (QED) is 0.739. The maximum Gasteiger partial charge on any atom is 0.0657 e. The van der Waals surface area contributed by atoms with Gasteiger partial charge in [-0.2, -0.15) is 0 Å². The van der Waals surface area contributed by atoms with Gasteiger partial charge in [0, 0.05) is 19.1 Å². The van der Waals surface area contributed by atoms with Gasteiger partial charge in [0.05, 0.1) is 7.85 Å². The van der Waals surface area contributed by atoms with E-state index in [1.807, 2.05) is 0 Å². The second-order valence-corrected chi connectivity index (χ2v) is 7.12. The third kappa shape index (κ3) is 3.72. The van der Waals surface area contributed by atoms with E-state index in [0.717, 1.165) is 24.7 Å². The maximum atomic E-state index is 5.64. The van der Waals surface area contributed by atoms with Crippen molar-refractivity contribution in [2.24, 2.45) is 5.92 Å². The molecule has 0 unspecified atom stereocenters. The summed E-state index contributed by atoms with van der Waals surface area (Å²) in [5.41, 5.74) is 4.39. The van der Waals surface area contributed by atoms with E-state index >= 15 is 0 Å². The molecule has 1 nitrogen and oxygen atoms in total. The van der Waals surface area contributed by atoms with E-state index in [4.69, 9.17) is 7.85 Å². The minimum atomic E-state index is 0.748. The maximum absolute atomic E-state index is 5.64. The summed E-state index contributed by atoms with van der Waals surface area (Å²) in [4.78, 5) is 2.74. The Bertz CT molecular complexity index is 459. The molecule has 1 heterocycles. The fraction of sp³-hybridized carbons (Fsp3) is 0.684. The highest BCUT2D eigenvalue weighted by atomic mass is 15.2. The summed E-state index contributed by atoms with van der Waals surface area (Å²) in [6.45, 7) is 4.91. The molecule has 21 heavy (non-hydrogen) atoms. The van der Waals surface area contributed by atoms with E-state index in [1.54, 1.807) is 5.56 Å². The number of nitrogens with zero attached hydrogens (tertiary/aromatic N) is 1. The van der Waals surface area contributed by atoms with E-state index < -0.39 is 0 Å². The highest BCUT2D eigenvalue weighted by Gasteiger charge is 2.32. The molecule has 1 saturated carbocycles. The predicted octanol–water partition coefficient (Wildman–Crippen LogP) is 3.93. The SMILES string of the molecule is [B]CCc1ccc(CC2CN(C3CCCCC3)C2)c(C)c1. The Hall–Kier alpha value is -0.755. The van der Waals surface area contributed by atoms with Gasteiger partial charge < -0.3 is 0 Å². The van der Waals surface area contributed by atoms with Gasteiger partial charge >= 0.3 is 0 Å². The van der Waals surface area contributed by atoms with Gasteiger partial charge in [-0.05, 0) is 55.2 Å². The Balaban J connectivity index is 1.49. The first-order valence-electron chi connectivity index (χ1n) is 8.79. The highest BCUT2D eigenvalue weighted by Crippen LogP contribution is 2.30. The van der Waals surface area contributed by atoms with Crippen LogP contribution in [0.15, 0.2) is 18.2 Å². The fourth-order valence-corrected chi connectivity index (χ4v) is 4.10. The summed E-state index contributed by atoms with van der Waals surface area (Å²) in [6.07, 6.45) is 10.3. The standard InChI is InChI=1S/C19H28BN/c1-15-11-16(9-10-20)7-8-18(15)12-17-13-21(14-17)19-5-3-2-4-6-19/h7-8,11,17,19H,2-6,9-10,12-14H2,1H3. The molecule has 0 atom stereocenters. The molecular formula is C19H28BN. The van der Waals surface area contributed by atoms with E-state index in [2.05, 4.69) is 30.0 Å². The summed E-state index contributed by atoms with van der Waals surface area (Å²) >= 11 is 0. The van der Waals surface area contributed by atoms with Crippen LogP contribution in [0.5, 0.6) is 0 Å². The molecule has 2 aliphatic rings. The largest absolute Gasteiger partial charge is 0.300 e. The van der Waals surface area contributed by atoms with Crippen LogP contribution >= 0.6 is 0 Å². The Labute approximate surface area is 131 Å². The number of rotatable bonds is 5. The van der Waals surface area contributed by atoms with Gasteiger partial charge in [0.2, 0.25) is 0 Å². The molecule has 3 rings (SSSR count). The first-order valence-corrected chi connectivity index (χ1v) is 8.79. The fourth-order valence-electron chi connectivity index (χ4n) is 4.10. The Morgan fingerprint density at radius 3 is 2.57 bits per heavy atom. The van der Waals surface area contributed by atoms with Crippen molar-refractivity contribution in [1.29, 1.82) is 0 Å². The first kappa shape index (κ1) is 15.2. The van der Waals surface area contributed by atoms with Crippen molar-refractivity contribution in [1.82, 2.24) is 4.90 Å². The summed E-state index contributed by atoms with van der Waals surface area (Å²) in [7, 11) is 5.64. The van der Waals surface area contributed by atoms with Crippen molar-refractivity contribution in [3.63, 3.8) is 0 Å². The van der Waals surface area contributed by atoms with Gasteiger partial charge in [-0.1, -0.05) is 43.8 Å². The van der Waals surface area contributed by atoms with Gasteiger partial charge in [0.1, 0.15) is 0 Å². The van der Waals surface area contributed by atoms with Crippen LogP contribution < -0.4 is 0 Å². The Kier molecular flexibility index (Phi) is 5.05. The summed E-state index contributed by atoms with van der Waals surface area (Å²) in [5.74, 6) is 0.881. The number of aryl methyl sites for hydroxylation is 2. The monoisotopic (exact) mass is 281 g/mol. The third-order valence-electron chi connectivity index (χ3n) is 5.43. The molecule has 112 valence electrons. The van der Waals surface area contributed by atoms with Gasteiger partial charge in [-0.25, -0.2) is 0 Å². The molecule has 2 heteroatoms. The molecule has 1 aromatic carbocycles. The molecule has 0 spiro atoms. The van der Waals surface area contributed by atoms with Crippen LogP contribution in [-0.4, -0.2) is 31.9 Å². The molecule has 0 bridgehead atoms. The van der Waals surface area contributed by atoms with Crippen molar-refractivity contribution in [2.75, 3.05) is 13.1 Å². The zero-order valence-electron chi connectivity index (χ0n) is 13.5. The van der Waals surface area contributed by atoms with Gasteiger partial charge in [-0.3, -0.25) is 4.90 Å². The zero-order valence-corrected chi connectivity index (χ0v) is 13.5. The zero-order chi connectivity index (χ0) is 14.7. The lowest BCUT2D eigenvalue weighted by molar-refractivity contribution is 0.0355. The van der Waals surface area contributed by atoms with E-state index in [-0.39, 0.29) is 0 Å². The highest BCUT2D eigenvalue weighted by molar-refractivity contribution is 6.08. The van der Waals surface area contributed by atoms with E-state index in [9.17, 15) is 0 Å². The summed E-state index contributed by atoms with van der Waals surface area (Å²) < 4.78 is 0. The van der Waals surface area contributed by atoms with Gasteiger partial charge in [-0.15, -0.1) is 0 Å². The molecule has 0 aromatic heterocycles. The van der Waals surface area contributed by atoms with Crippen molar-refractivity contribution < 1.29 is 0 Å². The molecular weight excluding hydrogens is 253 g/mol. The van der Waals surface area contributed by atoms with Crippen molar-refractivity contribution >= 4 is 7.85 Å².